The predicted molar refractivity (Wildman–Crippen MR) is 105 cm³/mol. The van der Waals surface area contributed by atoms with Crippen LogP contribution < -0.4 is 10.6 Å². The smallest absolute Gasteiger partial charge is 0.253 e. The largest absolute Gasteiger partial charge is 0.356 e. The number of carbonyl (C=O) groups is 1. The summed E-state index contributed by atoms with van der Waals surface area (Å²) in [6.45, 7) is 6.95. The molecule has 1 aromatic rings. The molecule has 0 radical (unpaired) electrons. The monoisotopic (exact) mass is 347 g/mol. The fourth-order valence-corrected chi connectivity index (χ4v) is 2.66. The summed E-state index contributed by atoms with van der Waals surface area (Å²) < 4.78 is 0. The third kappa shape index (κ3) is 7.56. The van der Waals surface area contributed by atoms with Crippen LogP contribution in [0.2, 0.25) is 0 Å². The van der Waals surface area contributed by atoms with Crippen molar-refractivity contribution in [1.29, 1.82) is 0 Å². The van der Waals surface area contributed by atoms with Gasteiger partial charge in [0.05, 0.1) is 0 Å². The molecule has 1 aromatic carbocycles. The number of carbonyl (C=O) groups excluding carboxylic acids is 1. The van der Waals surface area contributed by atoms with E-state index in [0.717, 1.165) is 24.6 Å². The number of benzene rings is 1. The minimum Gasteiger partial charge on any atom is -0.356 e. The first-order valence-electron chi connectivity index (χ1n) is 8.54. The van der Waals surface area contributed by atoms with Gasteiger partial charge in [0, 0.05) is 46.3 Å². The second-order valence-electron chi connectivity index (χ2n) is 7.58. The zero-order valence-corrected chi connectivity index (χ0v) is 16.7. The maximum atomic E-state index is 11.9. The summed E-state index contributed by atoms with van der Waals surface area (Å²) in [7, 11) is 9.45. The Morgan fingerprint density at radius 1 is 1.08 bits per heavy atom. The highest BCUT2D eigenvalue weighted by Gasteiger charge is 2.19. The van der Waals surface area contributed by atoms with Crippen molar-refractivity contribution in [3.63, 3.8) is 0 Å². The third-order valence-corrected chi connectivity index (χ3v) is 3.77. The zero-order valence-electron chi connectivity index (χ0n) is 16.7. The summed E-state index contributed by atoms with van der Waals surface area (Å²) >= 11 is 0. The summed E-state index contributed by atoms with van der Waals surface area (Å²) in [5.41, 5.74) is 1.95. The Morgan fingerprint density at radius 2 is 1.68 bits per heavy atom. The predicted octanol–water partition coefficient (Wildman–Crippen LogP) is 1.64. The van der Waals surface area contributed by atoms with E-state index >= 15 is 0 Å². The van der Waals surface area contributed by atoms with Crippen molar-refractivity contribution in [2.45, 2.75) is 20.4 Å². The number of rotatable bonds is 7. The number of hydrogen-bond donors (Lipinski definition) is 2. The third-order valence-electron chi connectivity index (χ3n) is 3.77. The summed E-state index contributed by atoms with van der Waals surface area (Å²) in [5, 5.41) is 6.69. The van der Waals surface area contributed by atoms with Gasteiger partial charge in [-0.3, -0.25) is 9.79 Å². The van der Waals surface area contributed by atoms with E-state index in [9.17, 15) is 4.79 Å². The molecule has 0 aliphatic carbocycles. The summed E-state index contributed by atoms with van der Waals surface area (Å²) in [4.78, 5) is 19.9. The lowest BCUT2D eigenvalue weighted by Gasteiger charge is -2.29. The summed E-state index contributed by atoms with van der Waals surface area (Å²) in [6.07, 6.45) is 0. The van der Waals surface area contributed by atoms with Crippen molar-refractivity contribution in [3.8, 4) is 0 Å². The second kappa shape index (κ2) is 9.42. The van der Waals surface area contributed by atoms with Crippen molar-refractivity contribution < 1.29 is 4.79 Å². The van der Waals surface area contributed by atoms with Crippen LogP contribution in [0.5, 0.6) is 0 Å². The fraction of sp³-hybridized carbons (Fsp3) is 0.579. The van der Waals surface area contributed by atoms with Crippen LogP contribution in [-0.4, -0.2) is 70.0 Å². The van der Waals surface area contributed by atoms with E-state index in [2.05, 4.69) is 48.5 Å². The van der Waals surface area contributed by atoms with E-state index in [0.29, 0.717) is 12.1 Å². The average molecular weight is 348 g/mol. The van der Waals surface area contributed by atoms with E-state index in [1.807, 2.05) is 24.3 Å². The van der Waals surface area contributed by atoms with Crippen molar-refractivity contribution in [1.82, 2.24) is 20.4 Å². The van der Waals surface area contributed by atoms with Crippen LogP contribution in [0.15, 0.2) is 29.3 Å². The zero-order chi connectivity index (χ0) is 19.0. The molecule has 25 heavy (non-hydrogen) atoms. The van der Waals surface area contributed by atoms with Crippen LogP contribution in [0.25, 0.3) is 0 Å². The first-order chi connectivity index (χ1) is 11.6. The van der Waals surface area contributed by atoms with Crippen LogP contribution in [0.4, 0.5) is 0 Å². The number of aliphatic imine (C=N–C) groups is 1. The van der Waals surface area contributed by atoms with Crippen molar-refractivity contribution in [3.05, 3.63) is 35.4 Å². The molecule has 0 unspecified atom stereocenters. The molecule has 6 heteroatoms. The number of guanidine groups is 1. The van der Waals surface area contributed by atoms with Gasteiger partial charge in [-0.15, -0.1) is 0 Å². The number of nitrogens with zero attached hydrogens (tertiary/aromatic N) is 3. The first kappa shape index (κ1) is 21.0. The van der Waals surface area contributed by atoms with Gasteiger partial charge in [-0.05, 0) is 37.2 Å². The van der Waals surface area contributed by atoms with Gasteiger partial charge in [-0.25, -0.2) is 0 Å². The standard InChI is InChI=1S/C19H33N5O/c1-19(2,14-23(4)5)13-22-18(20-3)21-12-15-8-10-16(11-9-15)17(25)24(6)7/h8-11H,12-14H2,1-7H3,(H2,20,21,22). The second-order valence-corrected chi connectivity index (χ2v) is 7.58. The Morgan fingerprint density at radius 3 is 2.16 bits per heavy atom. The normalized spacial score (nSPS) is 12.2. The average Bonchev–Trinajstić information content (AvgIpc) is 2.53. The van der Waals surface area contributed by atoms with Crippen molar-refractivity contribution >= 4 is 11.9 Å². The molecule has 0 spiro atoms. The highest BCUT2D eigenvalue weighted by molar-refractivity contribution is 5.93. The molecule has 0 bridgehead atoms. The van der Waals surface area contributed by atoms with Crippen LogP contribution in [0.1, 0.15) is 29.8 Å². The Balaban J connectivity index is 2.54. The molecular weight excluding hydrogens is 314 g/mol. The Kier molecular flexibility index (Phi) is 7.90. The number of amides is 1. The minimum absolute atomic E-state index is 0.0140. The summed E-state index contributed by atoms with van der Waals surface area (Å²) in [6, 6.07) is 7.64. The highest BCUT2D eigenvalue weighted by atomic mass is 16.2. The Bertz CT molecular complexity index is 576. The quantitative estimate of drug-likeness (QED) is 0.581. The molecule has 0 aliphatic heterocycles. The minimum atomic E-state index is 0.0140. The maximum Gasteiger partial charge on any atom is 0.253 e. The number of hydrogen-bond acceptors (Lipinski definition) is 3. The van der Waals surface area contributed by atoms with Gasteiger partial charge < -0.3 is 20.4 Å². The van der Waals surface area contributed by atoms with Crippen LogP contribution in [0, 0.1) is 5.41 Å². The van der Waals surface area contributed by atoms with Crippen LogP contribution in [-0.2, 0) is 6.54 Å². The molecule has 0 heterocycles. The first-order valence-corrected chi connectivity index (χ1v) is 8.54. The molecule has 0 atom stereocenters. The highest BCUT2D eigenvalue weighted by Crippen LogP contribution is 2.14. The summed E-state index contributed by atoms with van der Waals surface area (Å²) in [5.74, 6) is 0.792. The molecule has 0 aliphatic rings. The van der Waals surface area contributed by atoms with Gasteiger partial charge in [0.1, 0.15) is 0 Å². The number of nitrogens with one attached hydrogen (secondary N) is 2. The van der Waals surface area contributed by atoms with Gasteiger partial charge in [0.15, 0.2) is 5.96 Å². The molecular formula is C19H33N5O. The molecule has 140 valence electrons. The molecule has 2 N–H and O–H groups in total. The van der Waals surface area contributed by atoms with Crippen molar-refractivity contribution in [2.75, 3.05) is 48.3 Å². The lowest BCUT2D eigenvalue weighted by atomic mass is 9.93. The fourth-order valence-electron chi connectivity index (χ4n) is 2.66. The van der Waals surface area contributed by atoms with E-state index in [4.69, 9.17) is 0 Å². The van der Waals surface area contributed by atoms with E-state index in [1.54, 1.807) is 26.0 Å². The molecule has 6 nitrogen and oxygen atoms in total. The molecule has 0 saturated carbocycles. The van der Waals surface area contributed by atoms with Crippen LogP contribution >= 0.6 is 0 Å². The van der Waals surface area contributed by atoms with Gasteiger partial charge in [-0.2, -0.15) is 0 Å². The van der Waals surface area contributed by atoms with E-state index < -0.39 is 0 Å². The molecule has 1 rings (SSSR count). The Labute approximate surface area is 152 Å². The lowest BCUT2D eigenvalue weighted by molar-refractivity contribution is 0.0827. The van der Waals surface area contributed by atoms with Crippen LogP contribution in [0.3, 0.4) is 0 Å². The van der Waals surface area contributed by atoms with Gasteiger partial charge in [0.2, 0.25) is 0 Å². The van der Waals surface area contributed by atoms with Gasteiger partial charge >= 0.3 is 0 Å². The molecule has 0 aromatic heterocycles. The van der Waals surface area contributed by atoms with E-state index in [1.165, 1.54) is 0 Å². The molecule has 1 amide bonds. The molecule has 0 saturated heterocycles. The van der Waals surface area contributed by atoms with Crippen molar-refractivity contribution in [2.24, 2.45) is 10.4 Å². The van der Waals surface area contributed by atoms with Gasteiger partial charge in [-0.1, -0.05) is 26.0 Å². The van der Waals surface area contributed by atoms with Gasteiger partial charge in [0.25, 0.3) is 5.91 Å². The maximum absolute atomic E-state index is 11.9. The topological polar surface area (TPSA) is 60.0 Å². The SMILES string of the molecule is CN=C(NCc1ccc(C(=O)N(C)C)cc1)NCC(C)(C)CN(C)C. The lowest BCUT2D eigenvalue weighted by Crippen LogP contribution is -2.44. The van der Waals surface area contributed by atoms with E-state index in [-0.39, 0.29) is 11.3 Å². The molecule has 0 fully saturated rings. The Hall–Kier alpha value is -2.08.